The predicted molar refractivity (Wildman–Crippen MR) is 85.4 cm³/mol. The highest BCUT2D eigenvalue weighted by molar-refractivity contribution is 5.60. The number of para-hydroxylation sites is 1. The number of nitrogens with one attached hydrogen (secondary N) is 2. The molecule has 0 saturated carbocycles. The lowest BCUT2D eigenvalue weighted by molar-refractivity contribution is 0.590. The Hall–Kier alpha value is -3.09. The molecule has 0 radical (unpaired) electrons. The molecule has 122 valence electrons. The number of rotatable bonds is 5. The van der Waals surface area contributed by atoms with Crippen molar-refractivity contribution >= 4 is 17.3 Å². The number of halogens is 3. The summed E-state index contributed by atoms with van der Waals surface area (Å²) in [4.78, 5) is 7.92. The van der Waals surface area contributed by atoms with Crippen LogP contribution in [0.4, 0.5) is 30.5 Å². The molecule has 1 heterocycles. The first-order valence-corrected chi connectivity index (χ1v) is 7.14. The minimum atomic E-state index is -0.727. The van der Waals surface area contributed by atoms with Gasteiger partial charge in [0.1, 0.15) is 41.1 Å². The van der Waals surface area contributed by atoms with Gasteiger partial charge in [-0.1, -0.05) is 24.3 Å². The van der Waals surface area contributed by atoms with Crippen molar-refractivity contribution in [2.75, 3.05) is 10.6 Å². The zero-order valence-electron chi connectivity index (χ0n) is 12.4. The van der Waals surface area contributed by atoms with Crippen LogP contribution in [-0.2, 0) is 6.54 Å². The maximum atomic E-state index is 13.6. The molecule has 3 aromatic rings. The Morgan fingerprint density at radius 1 is 0.792 bits per heavy atom. The summed E-state index contributed by atoms with van der Waals surface area (Å²) in [6.07, 6.45) is 1.24. The molecule has 0 bridgehead atoms. The van der Waals surface area contributed by atoms with Crippen LogP contribution in [0.2, 0.25) is 0 Å². The molecule has 0 atom stereocenters. The van der Waals surface area contributed by atoms with Gasteiger partial charge in [0, 0.05) is 18.2 Å². The van der Waals surface area contributed by atoms with Crippen LogP contribution >= 0.6 is 0 Å². The van der Waals surface area contributed by atoms with Gasteiger partial charge in [-0.15, -0.1) is 0 Å². The zero-order chi connectivity index (χ0) is 16.9. The summed E-state index contributed by atoms with van der Waals surface area (Å²) >= 11 is 0. The van der Waals surface area contributed by atoms with Crippen LogP contribution in [0.15, 0.2) is 54.9 Å². The van der Waals surface area contributed by atoms with Crippen molar-refractivity contribution in [3.63, 3.8) is 0 Å². The normalized spacial score (nSPS) is 10.5. The van der Waals surface area contributed by atoms with Crippen molar-refractivity contribution in [1.82, 2.24) is 9.97 Å². The van der Waals surface area contributed by atoms with Gasteiger partial charge in [0.05, 0.1) is 0 Å². The molecule has 0 amide bonds. The number of hydrogen-bond donors (Lipinski definition) is 2. The lowest BCUT2D eigenvalue weighted by Gasteiger charge is -2.10. The van der Waals surface area contributed by atoms with E-state index in [2.05, 4.69) is 20.6 Å². The van der Waals surface area contributed by atoms with Gasteiger partial charge in [0.15, 0.2) is 0 Å². The second-order valence-electron chi connectivity index (χ2n) is 4.96. The topological polar surface area (TPSA) is 49.8 Å². The molecule has 0 spiro atoms. The van der Waals surface area contributed by atoms with Gasteiger partial charge in [-0.2, -0.15) is 0 Å². The molecule has 0 aliphatic heterocycles. The van der Waals surface area contributed by atoms with E-state index >= 15 is 0 Å². The number of benzene rings is 2. The third-order valence-electron chi connectivity index (χ3n) is 3.30. The van der Waals surface area contributed by atoms with Crippen molar-refractivity contribution in [3.05, 3.63) is 77.9 Å². The Kier molecular flexibility index (Phi) is 4.60. The van der Waals surface area contributed by atoms with Crippen LogP contribution in [0.1, 0.15) is 5.56 Å². The van der Waals surface area contributed by atoms with Gasteiger partial charge in [-0.3, -0.25) is 0 Å². The van der Waals surface area contributed by atoms with Crippen LogP contribution in [0.5, 0.6) is 0 Å². The monoisotopic (exact) mass is 330 g/mol. The van der Waals surface area contributed by atoms with Crippen molar-refractivity contribution in [2.24, 2.45) is 0 Å². The van der Waals surface area contributed by atoms with Crippen molar-refractivity contribution in [2.45, 2.75) is 6.54 Å². The molecule has 7 heteroatoms. The Balaban J connectivity index is 1.74. The number of hydrogen-bond acceptors (Lipinski definition) is 4. The molecule has 24 heavy (non-hydrogen) atoms. The second-order valence-corrected chi connectivity index (χ2v) is 4.96. The average molecular weight is 330 g/mol. The fourth-order valence-corrected chi connectivity index (χ4v) is 2.10. The van der Waals surface area contributed by atoms with Crippen molar-refractivity contribution in [3.8, 4) is 0 Å². The summed E-state index contributed by atoms with van der Waals surface area (Å²) in [7, 11) is 0. The van der Waals surface area contributed by atoms with E-state index in [1.54, 1.807) is 18.2 Å². The molecular weight excluding hydrogens is 317 g/mol. The molecule has 0 fully saturated rings. The van der Waals surface area contributed by atoms with Crippen molar-refractivity contribution < 1.29 is 13.2 Å². The third kappa shape index (κ3) is 3.62. The summed E-state index contributed by atoms with van der Waals surface area (Å²) in [6.45, 7) is 0.219. The standard InChI is InChI=1S/C17H13F3N4/c18-12-5-2-1-4-11(12)9-21-15-8-16(23-10-22-15)24-17-13(19)6-3-7-14(17)20/h1-8,10H,9H2,(H2,21,22,23,24). The maximum absolute atomic E-state index is 13.6. The van der Waals surface area contributed by atoms with Crippen LogP contribution < -0.4 is 10.6 Å². The largest absolute Gasteiger partial charge is 0.366 e. The van der Waals surface area contributed by atoms with Crippen LogP contribution in [-0.4, -0.2) is 9.97 Å². The van der Waals surface area contributed by atoms with E-state index in [0.29, 0.717) is 11.4 Å². The zero-order valence-corrected chi connectivity index (χ0v) is 12.4. The Morgan fingerprint density at radius 2 is 1.46 bits per heavy atom. The minimum absolute atomic E-state index is 0.213. The molecule has 1 aromatic heterocycles. The predicted octanol–water partition coefficient (Wildman–Crippen LogP) is 4.25. The third-order valence-corrected chi connectivity index (χ3v) is 3.30. The summed E-state index contributed by atoms with van der Waals surface area (Å²) in [5.74, 6) is -1.17. The van der Waals surface area contributed by atoms with Crippen LogP contribution in [0, 0.1) is 17.5 Å². The Morgan fingerprint density at radius 3 is 2.21 bits per heavy atom. The summed E-state index contributed by atoms with van der Waals surface area (Å²) < 4.78 is 40.9. The Labute approximate surface area is 136 Å². The van der Waals surface area contributed by atoms with Gasteiger partial charge >= 0.3 is 0 Å². The van der Waals surface area contributed by atoms with E-state index in [9.17, 15) is 13.2 Å². The lowest BCUT2D eigenvalue weighted by atomic mass is 10.2. The molecule has 2 aromatic carbocycles. The highest BCUT2D eigenvalue weighted by atomic mass is 19.1. The summed E-state index contributed by atoms with van der Waals surface area (Å²) in [5.41, 5.74) is 0.182. The lowest BCUT2D eigenvalue weighted by Crippen LogP contribution is -2.05. The first-order valence-electron chi connectivity index (χ1n) is 7.14. The molecule has 0 saturated heterocycles. The molecule has 2 N–H and O–H groups in total. The van der Waals surface area contributed by atoms with Gasteiger partial charge in [0.25, 0.3) is 0 Å². The fraction of sp³-hybridized carbons (Fsp3) is 0.0588. The molecular formula is C17H13F3N4. The quantitative estimate of drug-likeness (QED) is 0.734. The molecule has 3 rings (SSSR count). The number of aromatic nitrogens is 2. The van der Waals surface area contributed by atoms with E-state index in [1.807, 2.05) is 0 Å². The van der Waals surface area contributed by atoms with E-state index < -0.39 is 11.6 Å². The highest BCUT2D eigenvalue weighted by Gasteiger charge is 2.09. The molecule has 0 unspecified atom stereocenters. The maximum Gasteiger partial charge on any atom is 0.149 e. The van der Waals surface area contributed by atoms with Crippen LogP contribution in [0.25, 0.3) is 0 Å². The van der Waals surface area contributed by atoms with Gasteiger partial charge < -0.3 is 10.6 Å². The SMILES string of the molecule is Fc1ccccc1CNc1cc(Nc2c(F)cccc2F)ncn1. The number of nitrogens with zero attached hydrogens (tertiary/aromatic N) is 2. The first-order chi connectivity index (χ1) is 11.6. The van der Waals surface area contributed by atoms with Gasteiger partial charge in [-0.05, 0) is 18.2 Å². The van der Waals surface area contributed by atoms with E-state index in [4.69, 9.17) is 0 Å². The van der Waals surface area contributed by atoms with E-state index in [0.717, 1.165) is 12.1 Å². The van der Waals surface area contributed by atoms with E-state index in [-0.39, 0.29) is 23.9 Å². The number of anilines is 3. The van der Waals surface area contributed by atoms with E-state index in [1.165, 1.54) is 24.5 Å². The smallest absolute Gasteiger partial charge is 0.149 e. The first kappa shape index (κ1) is 15.8. The molecule has 4 nitrogen and oxygen atoms in total. The highest BCUT2D eigenvalue weighted by Crippen LogP contribution is 2.22. The summed E-state index contributed by atoms with van der Waals surface area (Å²) in [6, 6.07) is 11.4. The minimum Gasteiger partial charge on any atom is -0.366 e. The van der Waals surface area contributed by atoms with Gasteiger partial charge in [-0.25, -0.2) is 23.1 Å². The van der Waals surface area contributed by atoms with Crippen LogP contribution in [0.3, 0.4) is 0 Å². The Bertz CT molecular complexity index is 834. The summed E-state index contributed by atoms with van der Waals surface area (Å²) in [5, 5.41) is 5.51. The average Bonchev–Trinajstić information content (AvgIpc) is 2.58. The van der Waals surface area contributed by atoms with Crippen molar-refractivity contribution in [1.29, 1.82) is 0 Å². The molecule has 0 aliphatic carbocycles. The second kappa shape index (κ2) is 6.99. The van der Waals surface area contributed by atoms with Gasteiger partial charge in [0.2, 0.25) is 0 Å². The fourth-order valence-electron chi connectivity index (χ4n) is 2.10. The molecule has 0 aliphatic rings.